The van der Waals surface area contributed by atoms with Crippen molar-refractivity contribution in [3.8, 4) is 28.6 Å². The molecule has 1 amide bonds. The lowest BCUT2D eigenvalue weighted by molar-refractivity contribution is 0.0936. The van der Waals surface area contributed by atoms with Crippen LogP contribution in [-0.2, 0) is 18.3 Å². The Morgan fingerprint density at radius 3 is 2.65 bits per heavy atom. The van der Waals surface area contributed by atoms with Gasteiger partial charge < -0.3 is 15.2 Å². The third kappa shape index (κ3) is 3.50. The summed E-state index contributed by atoms with van der Waals surface area (Å²) in [5.41, 5.74) is 10.2. The molecule has 2 aliphatic carbocycles. The lowest BCUT2D eigenvalue weighted by Gasteiger charge is -2.38. The molecule has 0 radical (unpaired) electrons. The van der Waals surface area contributed by atoms with E-state index in [4.69, 9.17) is 4.98 Å². The Hall–Kier alpha value is -3.63. The molecule has 1 saturated carbocycles. The van der Waals surface area contributed by atoms with Gasteiger partial charge in [-0.2, -0.15) is 5.26 Å². The molecular formula is C30H32N6O. The van der Waals surface area contributed by atoms with E-state index < -0.39 is 0 Å². The highest BCUT2D eigenvalue weighted by atomic mass is 16.1. The van der Waals surface area contributed by atoms with Crippen molar-refractivity contribution in [2.24, 2.45) is 0 Å². The van der Waals surface area contributed by atoms with Crippen molar-refractivity contribution >= 4 is 11.6 Å². The van der Waals surface area contributed by atoms with E-state index >= 15 is 0 Å². The van der Waals surface area contributed by atoms with Crippen molar-refractivity contribution in [3.05, 3.63) is 58.4 Å². The molecule has 37 heavy (non-hydrogen) atoms. The van der Waals surface area contributed by atoms with Gasteiger partial charge in [-0.25, -0.2) is 0 Å². The molecule has 7 nitrogen and oxygen atoms in total. The summed E-state index contributed by atoms with van der Waals surface area (Å²) in [6.45, 7) is 9.10. The molecule has 1 saturated heterocycles. The maximum atomic E-state index is 12.8. The summed E-state index contributed by atoms with van der Waals surface area (Å²) in [6, 6.07) is 11.3. The number of nitrogens with one attached hydrogen (secondary N) is 2. The Balaban J connectivity index is 1.23. The van der Waals surface area contributed by atoms with Gasteiger partial charge in [-0.1, -0.05) is 6.07 Å². The fraction of sp³-hybridized carbons (Fsp3) is 0.433. The molecule has 0 unspecified atom stereocenters. The van der Waals surface area contributed by atoms with E-state index in [2.05, 4.69) is 58.2 Å². The Bertz CT molecular complexity index is 1470. The number of H-pyrrole nitrogens is 1. The minimum absolute atomic E-state index is 0.0613. The van der Waals surface area contributed by atoms with Crippen LogP contribution in [0.2, 0.25) is 0 Å². The molecule has 2 N–H and O–H groups in total. The highest BCUT2D eigenvalue weighted by Gasteiger charge is 2.51. The van der Waals surface area contributed by atoms with E-state index in [1.165, 1.54) is 5.56 Å². The third-order valence-corrected chi connectivity index (χ3v) is 9.00. The van der Waals surface area contributed by atoms with Gasteiger partial charge in [0.05, 0.1) is 28.2 Å². The van der Waals surface area contributed by atoms with Gasteiger partial charge in [-0.15, -0.1) is 0 Å². The Labute approximate surface area is 217 Å². The van der Waals surface area contributed by atoms with Crippen molar-refractivity contribution in [1.29, 1.82) is 5.26 Å². The first kappa shape index (κ1) is 22.6. The number of carbonyl (C=O) groups excluding carboxylic acids is 1. The molecule has 1 aromatic carbocycles. The summed E-state index contributed by atoms with van der Waals surface area (Å²) in [5.74, 6) is 0.0613. The number of amides is 1. The predicted molar refractivity (Wildman–Crippen MR) is 144 cm³/mol. The first-order chi connectivity index (χ1) is 18.0. The number of benzene rings is 1. The largest absolute Gasteiger partial charge is 0.368 e. The van der Waals surface area contributed by atoms with E-state index in [0.29, 0.717) is 11.6 Å². The van der Waals surface area contributed by atoms with Crippen molar-refractivity contribution in [2.75, 3.05) is 37.6 Å². The van der Waals surface area contributed by atoms with Crippen LogP contribution < -0.4 is 10.2 Å². The van der Waals surface area contributed by atoms with Gasteiger partial charge in [-0.3, -0.25) is 14.7 Å². The quantitative estimate of drug-likeness (QED) is 0.577. The van der Waals surface area contributed by atoms with E-state index in [1.807, 2.05) is 12.3 Å². The molecule has 2 fully saturated rings. The smallest absolute Gasteiger partial charge is 0.253 e. The maximum absolute atomic E-state index is 12.8. The predicted octanol–water partition coefficient (Wildman–Crippen LogP) is 4.02. The molecule has 7 rings (SSSR count). The number of nitriles is 1. The van der Waals surface area contributed by atoms with Crippen LogP contribution in [0.5, 0.6) is 0 Å². The van der Waals surface area contributed by atoms with Crippen LogP contribution in [0, 0.1) is 11.3 Å². The molecule has 2 aliphatic heterocycles. The highest BCUT2D eigenvalue weighted by Crippen LogP contribution is 2.52. The molecule has 1 spiro atoms. The fourth-order valence-corrected chi connectivity index (χ4v) is 6.54. The van der Waals surface area contributed by atoms with E-state index in [-0.39, 0.29) is 11.3 Å². The van der Waals surface area contributed by atoms with Crippen molar-refractivity contribution < 1.29 is 4.79 Å². The summed E-state index contributed by atoms with van der Waals surface area (Å²) < 4.78 is 0. The van der Waals surface area contributed by atoms with Crippen LogP contribution in [0.15, 0.2) is 30.5 Å². The number of aromatic amines is 1. The minimum Gasteiger partial charge on any atom is -0.368 e. The number of hydrogen-bond donors (Lipinski definition) is 2. The molecule has 2 aromatic heterocycles. The number of pyridine rings is 1. The summed E-state index contributed by atoms with van der Waals surface area (Å²) in [6.07, 6.45) is 5.97. The summed E-state index contributed by atoms with van der Waals surface area (Å²) in [4.78, 5) is 26.2. The van der Waals surface area contributed by atoms with Gasteiger partial charge >= 0.3 is 0 Å². The normalized spacial score (nSPS) is 19.7. The summed E-state index contributed by atoms with van der Waals surface area (Å²) in [5, 5.41) is 13.1. The molecule has 0 bridgehead atoms. The molecule has 4 aliphatic rings. The van der Waals surface area contributed by atoms with Gasteiger partial charge in [0.25, 0.3) is 5.91 Å². The number of piperazine rings is 1. The van der Waals surface area contributed by atoms with E-state index in [1.54, 1.807) is 0 Å². The zero-order valence-electron chi connectivity index (χ0n) is 21.5. The number of aromatic nitrogens is 2. The topological polar surface area (TPSA) is 88.0 Å². The monoisotopic (exact) mass is 492 g/mol. The zero-order valence-corrected chi connectivity index (χ0v) is 21.5. The van der Waals surface area contributed by atoms with E-state index in [0.717, 1.165) is 103 Å². The maximum Gasteiger partial charge on any atom is 0.253 e. The van der Waals surface area contributed by atoms with Gasteiger partial charge in [0, 0.05) is 67.2 Å². The second-order valence-corrected chi connectivity index (χ2v) is 11.4. The Kier molecular flexibility index (Phi) is 4.99. The summed E-state index contributed by atoms with van der Waals surface area (Å²) in [7, 11) is 0. The van der Waals surface area contributed by atoms with Crippen LogP contribution in [0.3, 0.4) is 0 Å². The lowest BCUT2D eigenvalue weighted by Crippen LogP contribution is -2.49. The fourth-order valence-electron chi connectivity index (χ4n) is 6.54. The number of nitrogens with zero attached hydrogens (tertiary/aromatic N) is 4. The van der Waals surface area contributed by atoms with Crippen LogP contribution in [0.25, 0.3) is 22.5 Å². The van der Waals surface area contributed by atoms with Crippen LogP contribution in [0.4, 0.5) is 5.69 Å². The first-order valence-electron chi connectivity index (χ1n) is 13.5. The SMILES string of the molecule is CC(C)N1CCN(c2ccc(-c3cc4c(cn3)CCc3c-4[nH]c4c3C(=O)NCC43CC3)cc2C#N)CC1. The molecule has 4 heterocycles. The molecule has 7 heteroatoms. The summed E-state index contributed by atoms with van der Waals surface area (Å²) >= 11 is 0. The van der Waals surface area contributed by atoms with Gasteiger partial charge in [0.2, 0.25) is 0 Å². The number of rotatable bonds is 3. The van der Waals surface area contributed by atoms with Gasteiger partial charge in [0.15, 0.2) is 0 Å². The highest BCUT2D eigenvalue weighted by molar-refractivity contribution is 6.01. The van der Waals surface area contributed by atoms with Crippen molar-refractivity contribution in [2.45, 2.75) is 51.0 Å². The number of anilines is 1. The van der Waals surface area contributed by atoms with Gasteiger partial charge in [0.1, 0.15) is 6.07 Å². The number of fused-ring (bicyclic) bond motifs is 6. The Morgan fingerprint density at radius 2 is 1.92 bits per heavy atom. The second-order valence-electron chi connectivity index (χ2n) is 11.4. The number of carbonyl (C=O) groups is 1. The number of aryl methyl sites for hydroxylation is 1. The second kappa shape index (κ2) is 8.19. The lowest BCUT2D eigenvalue weighted by atomic mass is 9.86. The van der Waals surface area contributed by atoms with Crippen molar-refractivity contribution in [3.63, 3.8) is 0 Å². The molecule has 3 aromatic rings. The molecule has 188 valence electrons. The minimum atomic E-state index is 0.0613. The third-order valence-electron chi connectivity index (χ3n) is 9.00. The van der Waals surface area contributed by atoms with E-state index in [9.17, 15) is 10.1 Å². The average Bonchev–Trinajstić information content (AvgIpc) is 3.59. The van der Waals surface area contributed by atoms with Crippen molar-refractivity contribution in [1.82, 2.24) is 20.2 Å². The van der Waals surface area contributed by atoms with Crippen LogP contribution in [-0.4, -0.2) is 59.5 Å². The first-order valence-corrected chi connectivity index (χ1v) is 13.5. The standard InChI is InChI=1S/C30H32N6O/c1-18(2)35-9-11-36(12-10-35)25-6-4-19(13-21(25)15-31)24-14-23-20(16-32-24)3-5-22-26-28(34-27(22)23)30(7-8-30)17-33-29(26)37/h4,6,13-14,16,18,34H,3,5,7-12,17H2,1-2H3,(H,33,37). The average molecular weight is 493 g/mol. The number of hydrogen-bond acceptors (Lipinski definition) is 5. The zero-order chi connectivity index (χ0) is 25.3. The molecule has 0 atom stereocenters. The van der Waals surface area contributed by atoms with Crippen LogP contribution in [0.1, 0.15) is 59.4 Å². The van der Waals surface area contributed by atoms with Gasteiger partial charge in [-0.05, 0) is 68.9 Å². The van der Waals surface area contributed by atoms with Crippen LogP contribution >= 0.6 is 0 Å². The molecular weight excluding hydrogens is 460 g/mol. The Morgan fingerprint density at radius 1 is 1.11 bits per heavy atom.